The molecule has 2 aromatic rings. The van der Waals surface area contributed by atoms with Crippen molar-refractivity contribution in [3.05, 3.63) is 64.1 Å². The molecule has 0 N–H and O–H groups in total. The molecule has 0 bridgehead atoms. The van der Waals surface area contributed by atoms with E-state index in [-0.39, 0.29) is 11.5 Å². The number of carbonyl (C=O) groups is 1. The lowest BCUT2D eigenvalue weighted by molar-refractivity contribution is 0.0526. The van der Waals surface area contributed by atoms with E-state index in [9.17, 15) is 13.2 Å². The van der Waals surface area contributed by atoms with Crippen molar-refractivity contribution in [3.8, 4) is 0 Å². The molecule has 8 heteroatoms. The van der Waals surface area contributed by atoms with Crippen LogP contribution in [0.5, 0.6) is 0 Å². The average molecular weight is 467 g/mol. The highest BCUT2D eigenvalue weighted by Gasteiger charge is 2.30. The minimum Gasteiger partial charge on any atom is -0.462 e. The Hall–Kier alpha value is -1.74. The van der Waals surface area contributed by atoms with Gasteiger partial charge in [0.1, 0.15) is 0 Å². The first-order valence-electron chi connectivity index (χ1n) is 9.15. The monoisotopic (exact) mass is 466 g/mol. The van der Waals surface area contributed by atoms with Gasteiger partial charge in [-0.25, -0.2) is 13.2 Å². The van der Waals surface area contributed by atoms with Crippen LogP contribution in [0.15, 0.2) is 57.9 Å². The molecule has 1 saturated heterocycles. The quantitative estimate of drug-likeness (QED) is 0.611. The molecular weight excluding hydrogens is 444 g/mol. The fourth-order valence-corrected chi connectivity index (χ4v) is 5.62. The van der Waals surface area contributed by atoms with Gasteiger partial charge in [0.15, 0.2) is 0 Å². The van der Waals surface area contributed by atoms with Crippen molar-refractivity contribution < 1.29 is 17.9 Å². The summed E-state index contributed by atoms with van der Waals surface area (Å²) in [6, 6.07) is 14.6. The fraction of sp³-hybridized carbons (Fsp3) is 0.350. The van der Waals surface area contributed by atoms with Gasteiger partial charge in [0, 0.05) is 37.2 Å². The Bertz CT molecular complexity index is 926. The zero-order valence-electron chi connectivity index (χ0n) is 15.7. The molecule has 0 spiro atoms. The number of halogens is 1. The molecule has 2 aromatic carbocycles. The zero-order valence-corrected chi connectivity index (χ0v) is 18.1. The first kappa shape index (κ1) is 21.0. The number of ether oxygens (including phenoxy) is 1. The third kappa shape index (κ3) is 4.81. The van der Waals surface area contributed by atoms with Crippen LogP contribution in [0.3, 0.4) is 0 Å². The largest absolute Gasteiger partial charge is 0.462 e. The molecule has 6 nitrogen and oxygen atoms in total. The Morgan fingerprint density at radius 1 is 1.07 bits per heavy atom. The molecule has 150 valence electrons. The second-order valence-corrected chi connectivity index (χ2v) is 9.29. The van der Waals surface area contributed by atoms with Crippen LogP contribution in [0.25, 0.3) is 0 Å². The predicted octanol–water partition coefficient (Wildman–Crippen LogP) is 3.13. The Labute approximate surface area is 174 Å². The van der Waals surface area contributed by atoms with Gasteiger partial charge >= 0.3 is 5.97 Å². The summed E-state index contributed by atoms with van der Waals surface area (Å²) < 4.78 is 32.9. The lowest BCUT2D eigenvalue weighted by Crippen LogP contribution is -2.48. The Balaban J connectivity index is 1.68. The summed E-state index contributed by atoms with van der Waals surface area (Å²) in [5, 5.41) is 0. The third-order valence-corrected chi connectivity index (χ3v) is 7.52. The van der Waals surface area contributed by atoms with E-state index in [1.54, 1.807) is 6.92 Å². The normalized spacial score (nSPS) is 16.1. The van der Waals surface area contributed by atoms with Gasteiger partial charge in [0.2, 0.25) is 10.0 Å². The topological polar surface area (TPSA) is 66.9 Å². The number of benzene rings is 2. The van der Waals surface area contributed by atoms with Gasteiger partial charge < -0.3 is 4.74 Å². The summed E-state index contributed by atoms with van der Waals surface area (Å²) >= 11 is 3.30. The first-order chi connectivity index (χ1) is 13.4. The highest BCUT2D eigenvalue weighted by Crippen LogP contribution is 2.27. The van der Waals surface area contributed by atoms with Crippen LogP contribution in [-0.4, -0.2) is 56.4 Å². The van der Waals surface area contributed by atoms with Crippen LogP contribution < -0.4 is 0 Å². The molecule has 0 aromatic heterocycles. The van der Waals surface area contributed by atoms with Crippen molar-refractivity contribution in [2.75, 3.05) is 32.8 Å². The first-order valence-corrected chi connectivity index (χ1v) is 11.4. The van der Waals surface area contributed by atoms with Gasteiger partial charge in [0.25, 0.3) is 0 Å². The van der Waals surface area contributed by atoms with E-state index in [1.807, 2.05) is 18.2 Å². The smallest absolute Gasteiger partial charge is 0.338 e. The molecular formula is C20H23BrN2O4S. The van der Waals surface area contributed by atoms with Gasteiger partial charge in [-0.15, -0.1) is 0 Å². The number of piperazine rings is 1. The van der Waals surface area contributed by atoms with Crippen LogP contribution in [-0.2, 0) is 21.3 Å². The van der Waals surface area contributed by atoms with Gasteiger partial charge in [-0.2, -0.15) is 4.31 Å². The minimum atomic E-state index is -3.64. The summed E-state index contributed by atoms with van der Waals surface area (Å²) in [6.45, 7) is 5.02. The summed E-state index contributed by atoms with van der Waals surface area (Å²) in [4.78, 5) is 14.3. The van der Waals surface area contributed by atoms with E-state index in [0.717, 1.165) is 6.54 Å². The summed E-state index contributed by atoms with van der Waals surface area (Å²) in [5.74, 6) is -0.471. The molecule has 0 unspecified atom stereocenters. The van der Waals surface area contributed by atoms with Crippen LogP contribution in [0.4, 0.5) is 0 Å². The van der Waals surface area contributed by atoms with Crippen LogP contribution in [0.2, 0.25) is 0 Å². The number of hydrogen-bond donors (Lipinski definition) is 0. The average Bonchev–Trinajstić information content (AvgIpc) is 2.69. The lowest BCUT2D eigenvalue weighted by atomic mass is 10.2. The number of sulfonamides is 1. The van der Waals surface area contributed by atoms with Crippen molar-refractivity contribution in [1.29, 1.82) is 0 Å². The fourth-order valence-electron chi connectivity index (χ4n) is 3.16. The SMILES string of the molecule is CCOC(=O)c1ccc(S(=O)(=O)N2CCN(Cc3ccccc3)CC2)c(Br)c1. The van der Waals surface area contributed by atoms with Crippen LogP contribution in [0, 0.1) is 0 Å². The molecule has 1 fully saturated rings. The highest BCUT2D eigenvalue weighted by atomic mass is 79.9. The zero-order chi connectivity index (χ0) is 20.1. The minimum absolute atomic E-state index is 0.164. The third-order valence-electron chi connectivity index (χ3n) is 4.64. The molecule has 1 heterocycles. The van der Waals surface area contributed by atoms with E-state index in [4.69, 9.17) is 4.74 Å². The molecule has 3 rings (SSSR count). The Kier molecular flexibility index (Phi) is 6.87. The van der Waals surface area contributed by atoms with Crippen LogP contribution in [0.1, 0.15) is 22.8 Å². The summed E-state index contributed by atoms with van der Waals surface area (Å²) in [6.07, 6.45) is 0. The number of esters is 1. The van der Waals surface area contributed by atoms with Gasteiger partial charge in [0.05, 0.1) is 17.1 Å². The van der Waals surface area contributed by atoms with Crippen molar-refractivity contribution in [2.24, 2.45) is 0 Å². The Morgan fingerprint density at radius 3 is 2.36 bits per heavy atom. The standard InChI is InChI=1S/C20H23BrN2O4S/c1-2-27-20(24)17-8-9-19(18(21)14-17)28(25,26)23-12-10-22(11-13-23)15-16-6-4-3-5-7-16/h3-9,14H,2,10-13,15H2,1H3. The number of hydrogen-bond acceptors (Lipinski definition) is 5. The van der Waals surface area contributed by atoms with E-state index in [2.05, 4.69) is 33.0 Å². The second kappa shape index (κ2) is 9.17. The van der Waals surface area contributed by atoms with Crippen molar-refractivity contribution in [2.45, 2.75) is 18.4 Å². The molecule has 0 amide bonds. The summed E-state index contributed by atoms with van der Waals surface area (Å²) in [7, 11) is -3.64. The van der Waals surface area contributed by atoms with E-state index >= 15 is 0 Å². The van der Waals surface area contributed by atoms with Crippen molar-refractivity contribution in [1.82, 2.24) is 9.21 Å². The number of carbonyl (C=O) groups excluding carboxylic acids is 1. The highest BCUT2D eigenvalue weighted by molar-refractivity contribution is 9.10. The van der Waals surface area contributed by atoms with Crippen LogP contribution >= 0.6 is 15.9 Å². The van der Waals surface area contributed by atoms with E-state index in [1.165, 1.54) is 28.1 Å². The molecule has 1 aliphatic heterocycles. The number of rotatable bonds is 6. The van der Waals surface area contributed by atoms with E-state index < -0.39 is 16.0 Å². The molecule has 0 aliphatic carbocycles. The predicted molar refractivity (Wildman–Crippen MR) is 111 cm³/mol. The van der Waals surface area contributed by atoms with Gasteiger partial charge in [-0.1, -0.05) is 30.3 Å². The van der Waals surface area contributed by atoms with Crippen molar-refractivity contribution >= 4 is 31.9 Å². The molecule has 0 saturated carbocycles. The molecule has 28 heavy (non-hydrogen) atoms. The Morgan fingerprint density at radius 2 is 1.75 bits per heavy atom. The molecule has 1 aliphatic rings. The maximum Gasteiger partial charge on any atom is 0.338 e. The van der Waals surface area contributed by atoms with Gasteiger partial charge in [-0.05, 0) is 46.6 Å². The van der Waals surface area contributed by atoms with E-state index in [0.29, 0.717) is 36.2 Å². The number of nitrogens with zero attached hydrogens (tertiary/aromatic N) is 2. The maximum absolute atomic E-state index is 13.0. The molecule has 0 atom stereocenters. The second-order valence-electron chi connectivity index (χ2n) is 6.53. The molecule has 0 radical (unpaired) electrons. The maximum atomic E-state index is 13.0. The lowest BCUT2D eigenvalue weighted by Gasteiger charge is -2.34. The summed E-state index contributed by atoms with van der Waals surface area (Å²) in [5.41, 5.74) is 1.54. The van der Waals surface area contributed by atoms with Crippen molar-refractivity contribution in [3.63, 3.8) is 0 Å². The van der Waals surface area contributed by atoms with Gasteiger partial charge in [-0.3, -0.25) is 4.90 Å².